The van der Waals surface area contributed by atoms with E-state index in [0.29, 0.717) is 12.2 Å². The predicted octanol–water partition coefficient (Wildman–Crippen LogP) is 4.54. The zero-order chi connectivity index (χ0) is 21.1. The molecule has 0 spiro atoms. The first-order valence-electron chi connectivity index (χ1n) is 10.2. The van der Waals surface area contributed by atoms with Gasteiger partial charge in [0.2, 0.25) is 0 Å². The lowest BCUT2D eigenvalue weighted by Gasteiger charge is -2.22. The largest absolute Gasteiger partial charge is 0.309 e. The van der Waals surface area contributed by atoms with Crippen molar-refractivity contribution in [3.8, 4) is 0 Å². The highest BCUT2D eigenvalue weighted by Crippen LogP contribution is 2.31. The lowest BCUT2D eigenvalue weighted by molar-refractivity contribution is 0.0974. The van der Waals surface area contributed by atoms with E-state index in [1.54, 1.807) is 11.3 Å². The third kappa shape index (κ3) is 4.85. The van der Waals surface area contributed by atoms with Crippen LogP contribution in [0, 0.1) is 6.92 Å². The molecule has 0 radical (unpaired) electrons. The van der Waals surface area contributed by atoms with Gasteiger partial charge in [0.1, 0.15) is 5.69 Å². The molecular formula is C22H31N5OS. The minimum absolute atomic E-state index is 0.0344. The number of carbonyl (C=O) groups is 1. The maximum absolute atomic E-state index is 13.6. The van der Waals surface area contributed by atoms with E-state index in [0.717, 1.165) is 40.4 Å². The van der Waals surface area contributed by atoms with Gasteiger partial charge >= 0.3 is 0 Å². The van der Waals surface area contributed by atoms with Gasteiger partial charge < -0.3 is 4.90 Å². The Kier molecular flexibility index (Phi) is 6.70. The van der Waals surface area contributed by atoms with E-state index >= 15 is 0 Å². The Bertz CT molecular complexity index is 988. The summed E-state index contributed by atoms with van der Waals surface area (Å²) in [6, 6.07) is 8.35. The van der Waals surface area contributed by atoms with Crippen LogP contribution in [0.3, 0.4) is 0 Å². The monoisotopic (exact) mass is 413 g/mol. The second-order valence-electron chi connectivity index (χ2n) is 7.97. The highest BCUT2D eigenvalue weighted by Gasteiger charge is 2.25. The fourth-order valence-electron chi connectivity index (χ4n) is 3.33. The van der Waals surface area contributed by atoms with Crippen LogP contribution in [-0.4, -0.2) is 52.8 Å². The predicted molar refractivity (Wildman–Crippen MR) is 121 cm³/mol. The van der Waals surface area contributed by atoms with Crippen molar-refractivity contribution >= 4 is 32.6 Å². The second kappa shape index (κ2) is 9.05. The minimum atomic E-state index is -0.0344. The molecule has 0 bridgehead atoms. The quantitative estimate of drug-likeness (QED) is 0.544. The number of thiazole rings is 1. The molecule has 0 aliphatic carbocycles. The van der Waals surface area contributed by atoms with E-state index < -0.39 is 0 Å². The summed E-state index contributed by atoms with van der Waals surface area (Å²) in [5.41, 5.74) is 3.70. The zero-order valence-corrected chi connectivity index (χ0v) is 19.1. The zero-order valence-electron chi connectivity index (χ0n) is 18.3. The number of benzene rings is 1. The fourth-order valence-corrected chi connectivity index (χ4v) is 4.38. The molecule has 2 aromatic heterocycles. The molecule has 1 amide bonds. The van der Waals surface area contributed by atoms with Crippen LogP contribution in [0.25, 0.3) is 10.2 Å². The van der Waals surface area contributed by atoms with Crippen LogP contribution in [-0.2, 0) is 6.42 Å². The molecule has 1 aromatic carbocycles. The summed E-state index contributed by atoms with van der Waals surface area (Å²) in [5.74, 6) is -0.0344. The van der Waals surface area contributed by atoms with Crippen LogP contribution >= 0.6 is 11.3 Å². The van der Waals surface area contributed by atoms with Crippen molar-refractivity contribution in [2.75, 3.05) is 32.1 Å². The van der Waals surface area contributed by atoms with Crippen molar-refractivity contribution in [3.05, 3.63) is 41.2 Å². The molecule has 3 aromatic rings. The summed E-state index contributed by atoms with van der Waals surface area (Å²) in [5, 5.41) is 5.28. The smallest absolute Gasteiger partial charge is 0.278 e. The van der Waals surface area contributed by atoms with Crippen molar-refractivity contribution in [3.63, 3.8) is 0 Å². The van der Waals surface area contributed by atoms with E-state index in [2.05, 4.69) is 35.1 Å². The van der Waals surface area contributed by atoms with E-state index in [4.69, 9.17) is 4.98 Å². The minimum Gasteiger partial charge on any atom is -0.309 e. The van der Waals surface area contributed by atoms with Crippen molar-refractivity contribution in [1.82, 2.24) is 19.7 Å². The van der Waals surface area contributed by atoms with E-state index in [1.165, 1.54) is 5.56 Å². The Morgan fingerprint density at radius 3 is 2.62 bits per heavy atom. The number of fused-ring (bicyclic) bond motifs is 1. The van der Waals surface area contributed by atoms with Crippen LogP contribution in [0.1, 0.15) is 55.0 Å². The maximum atomic E-state index is 13.6. The number of rotatable bonds is 8. The number of anilines is 1. The van der Waals surface area contributed by atoms with Crippen LogP contribution in [0.15, 0.2) is 24.3 Å². The van der Waals surface area contributed by atoms with Gasteiger partial charge in [-0.25, -0.2) is 4.98 Å². The van der Waals surface area contributed by atoms with E-state index in [9.17, 15) is 4.79 Å². The van der Waals surface area contributed by atoms with E-state index in [1.807, 2.05) is 50.5 Å². The molecule has 0 saturated carbocycles. The third-order valence-corrected chi connectivity index (χ3v) is 5.92. The number of hydrogen-bond acceptors (Lipinski definition) is 5. The van der Waals surface area contributed by atoms with Crippen LogP contribution in [0.2, 0.25) is 0 Å². The number of nitrogens with zero attached hydrogens (tertiary/aromatic N) is 5. The molecule has 0 atom stereocenters. The number of carbonyl (C=O) groups excluding carboxylic acids is 1. The molecule has 0 aliphatic rings. The molecule has 29 heavy (non-hydrogen) atoms. The van der Waals surface area contributed by atoms with Gasteiger partial charge in [0.25, 0.3) is 5.91 Å². The van der Waals surface area contributed by atoms with Gasteiger partial charge in [-0.2, -0.15) is 5.10 Å². The normalized spacial score (nSPS) is 11.7. The van der Waals surface area contributed by atoms with Crippen molar-refractivity contribution in [2.45, 2.75) is 46.6 Å². The Balaban J connectivity index is 1.99. The molecule has 3 rings (SSSR count). The van der Waals surface area contributed by atoms with Gasteiger partial charge in [-0.05, 0) is 78.0 Å². The molecule has 7 heteroatoms. The van der Waals surface area contributed by atoms with Crippen molar-refractivity contribution in [1.29, 1.82) is 0 Å². The average molecular weight is 414 g/mol. The first kappa shape index (κ1) is 21.5. The molecular weight excluding hydrogens is 382 g/mol. The molecule has 0 fully saturated rings. The topological polar surface area (TPSA) is 54.3 Å². The molecule has 0 N–H and O–H groups in total. The van der Waals surface area contributed by atoms with Crippen molar-refractivity contribution < 1.29 is 4.79 Å². The van der Waals surface area contributed by atoms with Gasteiger partial charge in [0.15, 0.2) is 5.13 Å². The molecule has 0 unspecified atom stereocenters. The highest BCUT2D eigenvalue weighted by atomic mass is 32.1. The van der Waals surface area contributed by atoms with Gasteiger partial charge in [-0.15, -0.1) is 0 Å². The van der Waals surface area contributed by atoms with Crippen LogP contribution < -0.4 is 4.90 Å². The maximum Gasteiger partial charge on any atom is 0.278 e. The Hall–Kier alpha value is -2.25. The molecule has 0 saturated heterocycles. The summed E-state index contributed by atoms with van der Waals surface area (Å²) in [4.78, 5) is 22.3. The number of aromatic nitrogens is 3. The summed E-state index contributed by atoms with van der Waals surface area (Å²) in [6.45, 7) is 9.70. The number of aryl methyl sites for hydroxylation is 2. The summed E-state index contributed by atoms with van der Waals surface area (Å²) in [7, 11) is 4.10. The molecule has 156 valence electrons. The first-order valence-corrected chi connectivity index (χ1v) is 11.0. The van der Waals surface area contributed by atoms with Crippen LogP contribution in [0.5, 0.6) is 0 Å². The van der Waals surface area contributed by atoms with Gasteiger partial charge in [-0.3, -0.25) is 14.4 Å². The van der Waals surface area contributed by atoms with Crippen LogP contribution in [0.4, 0.5) is 5.13 Å². The average Bonchev–Trinajstić information content (AvgIpc) is 3.27. The Morgan fingerprint density at radius 1 is 1.21 bits per heavy atom. The first-order chi connectivity index (χ1) is 13.8. The fraction of sp³-hybridized carbons (Fsp3) is 0.500. The lowest BCUT2D eigenvalue weighted by atomic mass is 10.2. The van der Waals surface area contributed by atoms with Gasteiger partial charge in [-0.1, -0.05) is 24.3 Å². The summed E-state index contributed by atoms with van der Waals surface area (Å²) < 4.78 is 2.94. The molecule has 2 heterocycles. The summed E-state index contributed by atoms with van der Waals surface area (Å²) >= 11 is 1.59. The lowest BCUT2D eigenvalue weighted by Crippen LogP contribution is -2.35. The SMILES string of the molecule is CCc1ccc2nc(N(CCCN(C)C)C(=O)c3cc(C)nn3C(C)C)sc2c1. The van der Waals surface area contributed by atoms with Gasteiger partial charge in [0.05, 0.1) is 15.9 Å². The third-order valence-electron chi connectivity index (χ3n) is 4.88. The number of hydrogen-bond donors (Lipinski definition) is 0. The summed E-state index contributed by atoms with van der Waals surface area (Å²) in [6.07, 6.45) is 1.87. The number of amides is 1. The Labute approximate surface area is 177 Å². The Morgan fingerprint density at radius 2 is 1.97 bits per heavy atom. The highest BCUT2D eigenvalue weighted by molar-refractivity contribution is 7.22. The van der Waals surface area contributed by atoms with Gasteiger partial charge in [0, 0.05) is 12.6 Å². The second-order valence-corrected chi connectivity index (χ2v) is 8.98. The standard InChI is InChI=1S/C22H31N5OS/c1-7-17-9-10-18-20(14-17)29-22(23-18)26(12-8-11-25(5)6)21(28)19-13-16(4)24-27(19)15(2)3/h9-10,13-15H,7-8,11-12H2,1-6H3. The van der Waals surface area contributed by atoms with Crippen molar-refractivity contribution in [2.24, 2.45) is 0 Å². The molecule has 6 nitrogen and oxygen atoms in total. The van der Waals surface area contributed by atoms with E-state index in [-0.39, 0.29) is 11.9 Å². The molecule has 0 aliphatic heterocycles.